The van der Waals surface area contributed by atoms with E-state index in [0.29, 0.717) is 38.3 Å². The van der Waals surface area contributed by atoms with Crippen molar-refractivity contribution >= 4 is 17.5 Å². The van der Waals surface area contributed by atoms with Gasteiger partial charge in [-0.2, -0.15) is 20.1 Å². The van der Waals surface area contributed by atoms with Crippen molar-refractivity contribution in [3.63, 3.8) is 0 Å². The molecule has 0 aliphatic rings. The van der Waals surface area contributed by atoms with Gasteiger partial charge in [0.25, 0.3) is 5.95 Å². The van der Waals surface area contributed by atoms with E-state index in [1.807, 2.05) is 0 Å². The third kappa shape index (κ3) is 5.25. The van der Waals surface area contributed by atoms with E-state index in [2.05, 4.69) is 25.4 Å². The molecule has 0 saturated heterocycles. The van der Waals surface area contributed by atoms with E-state index in [-0.39, 0.29) is 5.28 Å². The van der Waals surface area contributed by atoms with Crippen molar-refractivity contribution in [1.82, 2.24) is 24.7 Å². The molecule has 114 valence electrons. The molecule has 21 heavy (non-hydrogen) atoms. The second-order valence-corrected chi connectivity index (χ2v) is 4.40. The normalized spacial score (nSPS) is 10.8. The van der Waals surface area contributed by atoms with Gasteiger partial charge in [0, 0.05) is 32.7 Å². The number of methoxy groups -OCH3 is 1. The lowest BCUT2D eigenvalue weighted by molar-refractivity contribution is 0.0705. The lowest BCUT2D eigenvalue weighted by Gasteiger charge is -2.07. The molecule has 2 aromatic heterocycles. The van der Waals surface area contributed by atoms with Gasteiger partial charge in [0.1, 0.15) is 0 Å². The fourth-order valence-corrected chi connectivity index (χ4v) is 1.68. The number of ether oxygens (including phenoxy) is 2. The molecule has 0 aliphatic carbocycles. The van der Waals surface area contributed by atoms with Crippen molar-refractivity contribution in [3.8, 4) is 5.95 Å². The highest BCUT2D eigenvalue weighted by Crippen LogP contribution is 2.08. The third-order valence-corrected chi connectivity index (χ3v) is 2.66. The zero-order valence-corrected chi connectivity index (χ0v) is 12.5. The Morgan fingerprint density at radius 3 is 2.90 bits per heavy atom. The van der Waals surface area contributed by atoms with Crippen LogP contribution in [0.5, 0.6) is 0 Å². The molecule has 0 unspecified atom stereocenters. The van der Waals surface area contributed by atoms with E-state index < -0.39 is 0 Å². The van der Waals surface area contributed by atoms with Gasteiger partial charge in [0.05, 0.1) is 13.2 Å². The lowest BCUT2D eigenvalue weighted by atomic mass is 10.4. The van der Waals surface area contributed by atoms with Crippen molar-refractivity contribution < 1.29 is 9.47 Å². The maximum absolute atomic E-state index is 5.88. The third-order valence-electron chi connectivity index (χ3n) is 2.49. The second-order valence-electron chi connectivity index (χ2n) is 4.06. The van der Waals surface area contributed by atoms with Crippen LogP contribution in [0, 0.1) is 0 Å². The van der Waals surface area contributed by atoms with Gasteiger partial charge < -0.3 is 14.8 Å². The minimum Gasteiger partial charge on any atom is -0.382 e. The van der Waals surface area contributed by atoms with Gasteiger partial charge in [-0.15, -0.1) is 0 Å². The highest BCUT2D eigenvalue weighted by Gasteiger charge is 2.06. The van der Waals surface area contributed by atoms with E-state index >= 15 is 0 Å². The Morgan fingerprint density at radius 1 is 1.24 bits per heavy atom. The fourth-order valence-electron chi connectivity index (χ4n) is 1.53. The molecular formula is C12H17ClN6O2. The van der Waals surface area contributed by atoms with Crippen LogP contribution < -0.4 is 5.32 Å². The summed E-state index contributed by atoms with van der Waals surface area (Å²) in [6.45, 7) is 2.51. The van der Waals surface area contributed by atoms with E-state index in [1.54, 1.807) is 25.6 Å². The Balaban J connectivity index is 1.81. The summed E-state index contributed by atoms with van der Waals surface area (Å²) in [4.78, 5) is 12.3. The standard InChI is InChI=1S/C12H17ClN6O2/c1-20-8-9-21-7-3-4-14-11-16-10(13)17-12(18-11)19-6-2-5-15-19/h2,5-6H,3-4,7-9H2,1H3,(H,14,16,17,18). The van der Waals surface area contributed by atoms with Gasteiger partial charge in [-0.3, -0.25) is 0 Å². The lowest BCUT2D eigenvalue weighted by Crippen LogP contribution is -2.12. The van der Waals surface area contributed by atoms with E-state index in [9.17, 15) is 0 Å². The van der Waals surface area contributed by atoms with Crippen molar-refractivity contribution in [1.29, 1.82) is 0 Å². The first-order chi connectivity index (χ1) is 10.3. The van der Waals surface area contributed by atoms with E-state index in [4.69, 9.17) is 21.1 Å². The molecule has 1 N–H and O–H groups in total. The molecule has 0 amide bonds. The Morgan fingerprint density at radius 2 is 2.14 bits per heavy atom. The number of aromatic nitrogens is 5. The molecular weight excluding hydrogens is 296 g/mol. The molecule has 0 atom stereocenters. The Hall–Kier alpha value is -1.77. The van der Waals surface area contributed by atoms with E-state index in [0.717, 1.165) is 6.42 Å². The summed E-state index contributed by atoms with van der Waals surface area (Å²) in [6, 6.07) is 1.78. The van der Waals surface area contributed by atoms with Crippen LogP contribution in [-0.2, 0) is 9.47 Å². The molecule has 0 saturated carbocycles. The number of rotatable bonds is 9. The fraction of sp³-hybridized carbons (Fsp3) is 0.500. The van der Waals surface area contributed by atoms with Crippen LogP contribution in [-0.4, -0.2) is 58.2 Å². The number of anilines is 1. The first-order valence-electron chi connectivity index (χ1n) is 6.52. The number of nitrogens with one attached hydrogen (secondary N) is 1. The van der Waals surface area contributed by atoms with Gasteiger partial charge in [-0.1, -0.05) is 0 Å². The minimum atomic E-state index is 0.120. The van der Waals surface area contributed by atoms with Crippen LogP contribution in [0.15, 0.2) is 18.5 Å². The molecule has 0 aliphatic heterocycles. The SMILES string of the molecule is COCCOCCCNc1nc(Cl)nc(-n2cccn2)n1. The number of halogens is 1. The molecule has 2 heterocycles. The maximum Gasteiger partial charge on any atom is 0.256 e. The summed E-state index contributed by atoms with van der Waals surface area (Å²) in [7, 11) is 1.65. The molecule has 0 spiro atoms. The van der Waals surface area contributed by atoms with Crippen LogP contribution in [0.1, 0.15) is 6.42 Å². The molecule has 8 nitrogen and oxygen atoms in total. The summed E-state index contributed by atoms with van der Waals surface area (Å²) in [5, 5.41) is 7.25. The summed E-state index contributed by atoms with van der Waals surface area (Å²) in [5.41, 5.74) is 0. The van der Waals surface area contributed by atoms with Crippen LogP contribution in [0.3, 0.4) is 0 Å². The quantitative estimate of drug-likeness (QED) is 0.695. The Labute approximate surface area is 127 Å². The topological polar surface area (TPSA) is 87.0 Å². The zero-order valence-electron chi connectivity index (χ0n) is 11.7. The van der Waals surface area contributed by atoms with Gasteiger partial charge in [0.15, 0.2) is 0 Å². The van der Waals surface area contributed by atoms with Crippen LogP contribution in [0.2, 0.25) is 5.28 Å². The van der Waals surface area contributed by atoms with Crippen LogP contribution >= 0.6 is 11.6 Å². The maximum atomic E-state index is 5.88. The van der Waals surface area contributed by atoms with Gasteiger partial charge in [-0.05, 0) is 24.1 Å². The smallest absolute Gasteiger partial charge is 0.256 e. The number of hydrogen-bond acceptors (Lipinski definition) is 7. The number of hydrogen-bond donors (Lipinski definition) is 1. The second kappa shape index (κ2) is 8.50. The Kier molecular flexibility index (Phi) is 6.32. The minimum absolute atomic E-state index is 0.120. The van der Waals surface area contributed by atoms with Crippen LogP contribution in [0.25, 0.3) is 5.95 Å². The number of nitrogens with zero attached hydrogens (tertiary/aromatic N) is 5. The monoisotopic (exact) mass is 312 g/mol. The first-order valence-corrected chi connectivity index (χ1v) is 6.89. The van der Waals surface area contributed by atoms with Gasteiger partial charge in [-0.25, -0.2) is 4.68 Å². The molecule has 2 aromatic rings. The van der Waals surface area contributed by atoms with E-state index in [1.165, 1.54) is 4.68 Å². The highest BCUT2D eigenvalue weighted by molar-refractivity contribution is 6.28. The predicted octanol–water partition coefficient (Wildman–Crippen LogP) is 1.18. The average Bonchev–Trinajstić information content (AvgIpc) is 3.00. The predicted molar refractivity (Wildman–Crippen MR) is 77.8 cm³/mol. The molecule has 0 fully saturated rings. The first kappa shape index (κ1) is 15.6. The van der Waals surface area contributed by atoms with Gasteiger partial charge in [0.2, 0.25) is 11.2 Å². The molecule has 2 rings (SSSR count). The highest BCUT2D eigenvalue weighted by atomic mass is 35.5. The van der Waals surface area contributed by atoms with Crippen molar-refractivity contribution in [2.24, 2.45) is 0 Å². The molecule has 0 aromatic carbocycles. The van der Waals surface area contributed by atoms with Crippen LogP contribution in [0.4, 0.5) is 5.95 Å². The largest absolute Gasteiger partial charge is 0.382 e. The van der Waals surface area contributed by atoms with Crippen molar-refractivity contribution in [3.05, 3.63) is 23.7 Å². The summed E-state index contributed by atoms with van der Waals surface area (Å²) in [5.74, 6) is 0.788. The summed E-state index contributed by atoms with van der Waals surface area (Å²) in [6.07, 6.45) is 4.20. The molecule has 9 heteroatoms. The molecule has 0 radical (unpaired) electrons. The average molecular weight is 313 g/mol. The summed E-state index contributed by atoms with van der Waals surface area (Å²) < 4.78 is 11.8. The summed E-state index contributed by atoms with van der Waals surface area (Å²) >= 11 is 5.88. The van der Waals surface area contributed by atoms with Gasteiger partial charge >= 0.3 is 0 Å². The zero-order chi connectivity index (χ0) is 14.9. The molecule has 0 bridgehead atoms. The van der Waals surface area contributed by atoms with Crippen molar-refractivity contribution in [2.45, 2.75) is 6.42 Å². The van der Waals surface area contributed by atoms with Crippen molar-refractivity contribution in [2.75, 3.05) is 38.8 Å². The Bertz CT molecular complexity index is 537.